The Labute approximate surface area is 135 Å². The summed E-state index contributed by atoms with van der Waals surface area (Å²) >= 11 is 0. The Balaban J connectivity index is 1.60. The number of carbonyl (C=O) groups is 2. The Morgan fingerprint density at radius 1 is 1.39 bits per heavy atom. The molecule has 0 aliphatic carbocycles. The highest BCUT2D eigenvalue weighted by atomic mass is 16.5. The lowest BCUT2D eigenvalue weighted by atomic mass is 10.3. The van der Waals surface area contributed by atoms with Gasteiger partial charge in [0.1, 0.15) is 11.5 Å². The lowest BCUT2D eigenvalue weighted by Crippen LogP contribution is -2.44. The molecular weight excluding hydrogens is 298 g/mol. The van der Waals surface area contributed by atoms with Crippen LogP contribution < -0.4 is 15.4 Å². The minimum absolute atomic E-state index is 0.159. The normalized spacial score (nSPS) is 15.3. The average Bonchev–Trinajstić information content (AvgIpc) is 2.91. The van der Waals surface area contributed by atoms with Gasteiger partial charge in [-0.05, 0) is 44.0 Å². The number of carbonyl (C=O) groups excluding carboxylic acids is 2. The van der Waals surface area contributed by atoms with Crippen LogP contribution in [0.5, 0.6) is 11.5 Å². The molecule has 1 unspecified atom stereocenters. The lowest BCUT2D eigenvalue weighted by molar-refractivity contribution is -0.127. The lowest BCUT2D eigenvalue weighted by Gasteiger charge is -2.18. The van der Waals surface area contributed by atoms with E-state index in [1.54, 1.807) is 19.1 Å². The highest BCUT2D eigenvalue weighted by molar-refractivity contribution is 5.78. The zero-order valence-corrected chi connectivity index (χ0v) is 13.2. The van der Waals surface area contributed by atoms with Crippen molar-refractivity contribution in [2.75, 3.05) is 19.6 Å². The van der Waals surface area contributed by atoms with Gasteiger partial charge in [0.15, 0.2) is 6.23 Å². The molecule has 1 saturated heterocycles. The van der Waals surface area contributed by atoms with Crippen LogP contribution in [0.2, 0.25) is 0 Å². The molecule has 0 bridgehead atoms. The minimum Gasteiger partial charge on any atom is -0.508 e. The Morgan fingerprint density at radius 2 is 2.13 bits per heavy atom. The van der Waals surface area contributed by atoms with Crippen LogP contribution in [0.4, 0.5) is 4.79 Å². The van der Waals surface area contributed by atoms with E-state index in [9.17, 15) is 14.7 Å². The van der Waals surface area contributed by atoms with Crippen molar-refractivity contribution in [1.82, 2.24) is 15.5 Å². The SMILES string of the molecule is CC(NC(=O)NCCCN1CCCC1=O)Oc1ccc(O)cc1. The molecule has 7 nitrogen and oxygen atoms in total. The number of phenols is 1. The van der Waals surface area contributed by atoms with Crippen molar-refractivity contribution in [2.45, 2.75) is 32.4 Å². The van der Waals surface area contributed by atoms with Crippen LogP contribution in [0.15, 0.2) is 24.3 Å². The zero-order chi connectivity index (χ0) is 16.7. The molecule has 7 heteroatoms. The maximum absolute atomic E-state index is 11.7. The number of hydrogen-bond donors (Lipinski definition) is 3. The molecule has 23 heavy (non-hydrogen) atoms. The van der Waals surface area contributed by atoms with E-state index < -0.39 is 6.23 Å². The fourth-order valence-electron chi connectivity index (χ4n) is 2.41. The van der Waals surface area contributed by atoms with Gasteiger partial charge in [-0.15, -0.1) is 0 Å². The number of phenolic OH excluding ortho intramolecular Hbond substituents is 1. The molecule has 3 N–H and O–H groups in total. The summed E-state index contributed by atoms with van der Waals surface area (Å²) in [4.78, 5) is 25.0. The number of nitrogens with one attached hydrogen (secondary N) is 2. The van der Waals surface area contributed by atoms with Gasteiger partial charge in [-0.3, -0.25) is 4.79 Å². The molecule has 1 aromatic carbocycles. The quantitative estimate of drug-likeness (QED) is 0.523. The minimum atomic E-state index is -0.500. The van der Waals surface area contributed by atoms with Crippen LogP contribution in [0.3, 0.4) is 0 Å². The summed E-state index contributed by atoms with van der Waals surface area (Å²) in [6.07, 6.45) is 1.80. The molecule has 1 fully saturated rings. The standard InChI is InChI=1S/C16H23N3O4/c1-12(23-14-7-5-13(20)6-8-14)18-16(22)17-9-3-11-19-10-2-4-15(19)21/h5-8,12,20H,2-4,9-11H2,1H3,(H2,17,18,22). The third-order valence-corrected chi connectivity index (χ3v) is 3.55. The van der Waals surface area contributed by atoms with Gasteiger partial charge in [0.25, 0.3) is 0 Å². The van der Waals surface area contributed by atoms with Crippen molar-refractivity contribution in [2.24, 2.45) is 0 Å². The number of aromatic hydroxyl groups is 1. The van der Waals surface area contributed by atoms with Gasteiger partial charge in [0.2, 0.25) is 5.91 Å². The first kappa shape index (κ1) is 16.9. The topological polar surface area (TPSA) is 90.9 Å². The van der Waals surface area contributed by atoms with Gasteiger partial charge < -0.3 is 25.4 Å². The first-order chi connectivity index (χ1) is 11.0. The molecule has 1 atom stereocenters. The molecule has 0 spiro atoms. The van der Waals surface area contributed by atoms with E-state index in [2.05, 4.69) is 10.6 Å². The van der Waals surface area contributed by atoms with Crippen molar-refractivity contribution in [3.8, 4) is 11.5 Å². The van der Waals surface area contributed by atoms with Crippen LogP contribution in [0.1, 0.15) is 26.2 Å². The highest BCUT2D eigenvalue weighted by Gasteiger charge is 2.19. The van der Waals surface area contributed by atoms with Crippen molar-refractivity contribution in [3.05, 3.63) is 24.3 Å². The van der Waals surface area contributed by atoms with E-state index in [1.165, 1.54) is 12.1 Å². The van der Waals surface area contributed by atoms with Gasteiger partial charge in [0.05, 0.1) is 0 Å². The summed E-state index contributed by atoms with van der Waals surface area (Å²) in [7, 11) is 0. The van der Waals surface area contributed by atoms with Crippen molar-refractivity contribution >= 4 is 11.9 Å². The number of hydrogen-bond acceptors (Lipinski definition) is 4. The van der Waals surface area contributed by atoms with E-state index in [0.717, 1.165) is 19.4 Å². The second kappa shape index (κ2) is 8.26. The summed E-state index contributed by atoms with van der Waals surface area (Å²) in [6.45, 7) is 3.72. The maximum atomic E-state index is 11.7. The summed E-state index contributed by atoms with van der Waals surface area (Å²) in [5.41, 5.74) is 0. The van der Waals surface area contributed by atoms with Gasteiger partial charge in [0, 0.05) is 26.1 Å². The Morgan fingerprint density at radius 3 is 2.78 bits per heavy atom. The fraction of sp³-hybridized carbons (Fsp3) is 0.500. The molecule has 2 rings (SSSR count). The molecule has 0 saturated carbocycles. The average molecular weight is 321 g/mol. The van der Waals surface area contributed by atoms with Crippen LogP contribution in [-0.2, 0) is 4.79 Å². The Kier molecular flexibility index (Phi) is 6.08. The monoisotopic (exact) mass is 321 g/mol. The second-order valence-corrected chi connectivity index (χ2v) is 5.49. The molecule has 0 aromatic heterocycles. The van der Waals surface area contributed by atoms with Gasteiger partial charge in [-0.1, -0.05) is 0 Å². The van der Waals surface area contributed by atoms with E-state index in [4.69, 9.17) is 4.74 Å². The van der Waals surface area contributed by atoms with Crippen molar-refractivity contribution in [3.63, 3.8) is 0 Å². The summed E-state index contributed by atoms with van der Waals surface area (Å²) in [5.74, 6) is 0.917. The van der Waals surface area contributed by atoms with Crippen LogP contribution in [0.25, 0.3) is 0 Å². The zero-order valence-electron chi connectivity index (χ0n) is 13.2. The molecule has 1 aliphatic rings. The third-order valence-electron chi connectivity index (χ3n) is 3.55. The summed E-state index contributed by atoms with van der Waals surface area (Å²) in [5, 5.41) is 14.6. The van der Waals surface area contributed by atoms with Gasteiger partial charge in [-0.25, -0.2) is 4.79 Å². The van der Waals surface area contributed by atoms with Gasteiger partial charge in [-0.2, -0.15) is 0 Å². The van der Waals surface area contributed by atoms with Crippen molar-refractivity contribution < 1.29 is 19.4 Å². The predicted molar refractivity (Wildman–Crippen MR) is 85.2 cm³/mol. The highest BCUT2D eigenvalue weighted by Crippen LogP contribution is 2.16. The number of rotatable bonds is 7. The molecule has 126 valence electrons. The molecule has 0 radical (unpaired) electrons. The smallest absolute Gasteiger partial charge is 0.317 e. The van der Waals surface area contributed by atoms with Crippen LogP contribution in [-0.4, -0.2) is 47.8 Å². The molecule has 1 aliphatic heterocycles. The predicted octanol–water partition coefficient (Wildman–Crippen LogP) is 1.43. The number of benzene rings is 1. The number of likely N-dealkylation sites (tertiary alicyclic amines) is 1. The molecule has 1 heterocycles. The van der Waals surface area contributed by atoms with Crippen LogP contribution in [0, 0.1) is 0 Å². The maximum Gasteiger partial charge on any atom is 0.317 e. The third kappa shape index (κ3) is 5.69. The first-order valence-corrected chi connectivity index (χ1v) is 7.82. The van der Waals surface area contributed by atoms with Gasteiger partial charge >= 0.3 is 6.03 Å². The number of nitrogens with zero attached hydrogens (tertiary/aromatic N) is 1. The molecular formula is C16H23N3O4. The number of urea groups is 1. The summed E-state index contributed by atoms with van der Waals surface area (Å²) in [6, 6.07) is 5.96. The van der Waals surface area contributed by atoms with Crippen LogP contribution >= 0.6 is 0 Å². The Bertz CT molecular complexity index is 533. The Hall–Kier alpha value is -2.44. The van der Waals surface area contributed by atoms with E-state index in [0.29, 0.717) is 25.3 Å². The number of ether oxygens (including phenoxy) is 1. The summed E-state index contributed by atoms with van der Waals surface area (Å²) < 4.78 is 5.51. The van der Waals surface area contributed by atoms with Crippen molar-refractivity contribution in [1.29, 1.82) is 0 Å². The molecule has 1 aromatic rings. The van der Waals surface area contributed by atoms with E-state index >= 15 is 0 Å². The second-order valence-electron chi connectivity index (χ2n) is 5.49. The first-order valence-electron chi connectivity index (χ1n) is 7.82. The largest absolute Gasteiger partial charge is 0.508 e. The number of amides is 3. The van der Waals surface area contributed by atoms with E-state index in [-0.39, 0.29) is 17.7 Å². The fourth-order valence-corrected chi connectivity index (χ4v) is 2.41. The van der Waals surface area contributed by atoms with E-state index in [1.807, 2.05) is 4.90 Å². The molecule has 3 amide bonds.